The highest BCUT2D eigenvalue weighted by atomic mass is 16.5. The van der Waals surface area contributed by atoms with E-state index in [1.165, 1.54) is 26.6 Å². The summed E-state index contributed by atoms with van der Waals surface area (Å²) in [6, 6.07) is 0. The van der Waals surface area contributed by atoms with E-state index in [1.54, 1.807) is 12.4 Å². The summed E-state index contributed by atoms with van der Waals surface area (Å²) in [5, 5.41) is 6.18. The third-order valence-corrected chi connectivity index (χ3v) is 3.53. The van der Waals surface area contributed by atoms with Gasteiger partial charge in [-0.2, -0.15) is 0 Å². The van der Waals surface area contributed by atoms with Gasteiger partial charge in [-0.25, -0.2) is 9.59 Å². The number of methoxy groups -OCH3 is 2. The van der Waals surface area contributed by atoms with Gasteiger partial charge in [0.25, 0.3) is 0 Å². The monoisotopic (exact) mass is 364 g/mol. The van der Waals surface area contributed by atoms with Gasteiger partial charge in [0.05, 0.1) is 25.4 Å². The number of esters is 2. The van der Waals surface area contributed by atoms with Crippen molar-refractivity contribution in [3.05, 3.63) is 23.5 Å². The molecule has 1 heterocycles. The van der Waals surface area contributed by atoms with Crippen LogP contribution in [-0.4, -0.2) is 64.8 Å². The summed E-state index contributed by atoms with van der Waals surface area (Å²) in [5.41, 5.74) is 0.797. The van der Waals surface area contributed by atoms with Gasteiger partial charge in [0.2, 0.25) is 0 Å². The summed E-state index contributed by atoms with van der Waals surface area (Å²) in [6.45, 7) is 2.60. The van der Waals surface area contributed by atoms with Crippen LogP contribution in [-0.2, 0) is 19.1 Å². The summed E-state index contributed by atoms with van der Waals surface area (Å²) < 4.78 is 9.50. The van der Waals surface area contributed by atoms with Crippen LogP contribution in [0.4, 0.5) is 0 Å². The van der Waals surface area contributed by atoms with Gasteiger partial charge in [0.15, 0.2) is 0 Å². The molecule has 144 valence electrons. The molecule has 2 N–H and O–H groups in total. The second kappa shape index (κ2) is 13.6. The zero-order chi connectivity index (χ0) is 19.0. The lowest BCUT2D eigenvalue weighted by Crippen LogP contribution is -2.15. The number of nitrogens with one attached hydrogen (secondary N) is 2. The van der Waals surface area contributed by atoms with Crippen LogP contribution in [0.15, 0.2) is 33.5 Å². The lowest BCUT2D eigenvalue weighted by molar-refractivity contribution is -0.136. The molecular formula is C18H28N4O4. The van der Waals surface area contributed by atoms with Crippen LogP contribution >= 0.6 is 0 Å². The molecule has 8 heteroatoms. The fourth-order valence-electron chi connectivity index (χ4n) is 2.08. The summed E-state index contributed by atoms with van der Waals surface area (Å²) in [6.07, 6.45) is 9.76. The molecule has 0 radical (unpaired) electrons. The number of aliphatic imine (C=N–C) groups is 2. The number of carbonyl (C=O) groups is 2. The van der Waals surface area contributed by atoms with Crippen LogP contribution in [0, 0.1) is 0 Å². The van der Waals surface area contributed by atoms with E-state index in [2.05, 4.69) is 20.6 Å². The van der Waals surface area contributed by atoms with Crippen LogP contribution in [0.25, 0.3) is 0 Å². The van der Waals surface area contributed by atoms with E-state index >= 15 is 0 Å². The molecule has 0 amide bonds. The normalized spacial score (nSPS) is 21.5. The van der Waals surface area contributed by atoms with Gasteiger partial charge < -0.3 is 20.1 Å². The molecule has 1 aliphatic heterocycles. The smallest absolute Gasteiger partial charge is 0.340 e. The van der Waals surface area contributed by atoms with Gasteiger partial charge in [0.1, 0.15) is 0 Å². The molecule has 0 saturated heterocycles. The third kappa shape index (κ3) is 9.00. The molecular weight excluding hydrogens is 336 g/mol. The molecule has 1 aliphatic rings. The summed E-state index contributed by atoms with van der Waals surface area (Å²) in [5.74, 6) is -0.829. The Hall–Kier alpha value is -2.64. The number of carbonyl (C=O) groups excluding carboxylic acids is 2. The molecule has 0 unspecified atom stereocenters. The van der Waals surface area contributed by atoms with Crippen LogP contribution in [0.1, 0.15) is 25.7 Å². The Morgan fingerprint density at radius 2 is 1.23 bits per heavy atom. The minimum absolute atomic E-state index is 0.399. The van der Waals surface area contributed by atoms with Crippen LogP contribution in [0.2, 0.25) is 0 Å². The van der Waals surface area contributed by atoms with E-state index in [0.717, 1.165) is 25.7 Å². The Bertz CT molecular complexity index is 518. The first-order valence-corrected chi connectivity index (χ1v) is 8.72. The minimum atomic E-state index is -0.414. The van der Waals surface area contributed by atoms with E-state index in [0.29, 0.717) is 37.3 Å². The topological polar surface area (TPSA) is 101 Å². The molecule has 0 aromatic carbocycles. The molecule has 0 aliphatic carbocycles. The Morgan fingerprint density at radius 1 is 0.808 bits per heavy atom. The quantitative estimate of drug-likeness (QED) is 0.709. The van der Waals surface area contributed by atoms with E-state index in [-0.39, 0.29) is 0 Å². The predicted molar refractivity (Wildman–Crippen MR) is 101 cm³/mol. The highest BCUT2D eigenvalue weighted by molar-refractivity contribution is 6.09. The molecule has 8 nitrogen and oxygen atoms in total. The molecule has 0 bridgehead atoms. The van der Waals surface area contributed by atoms with Crippen molar-refractivity contribution in [1.29, 1.82) is 0 Å². The lowest BCUT2D eigenvalue weighted by atomic mass is 10.2. The molecule has 1 rings (SSSR count). The van der Waals surface area contributed by atoms with Gasteiger partial charge in [-0.3, -0.25) is 9.98 Å². The molecule has 0 aromatic heterocycles. The Labute approximate surface area is 154 Å². The second-order valence-corrected chi connectivity index (χ2v) is 5.58. The third-order valence-electron chi connectivity index (χ3n) is 3.53. The van der Waals surface area contributed by atoms with Gasteiger partial charge >= 0.3 is 11.9 Å². The standard InChI is InChI=1S/C18H28N4O4/c1-25-17(23)15-11-19-7-3-5-9-21-13-16(18(24)26-2)14-22-10-6-4-8-20-12-15/h11-14,19,22H,3-10H2,1-2H3/b15-11+,16-14+,20-12?,21-13?. The Balaban J connectivity index is 2.68. The van der Waals surface area contributed by atoms with Crippen molar-refractivity contribution in [2.75, 3.05) is 40.4 Å². The lowest BCUT2D eigenvalue weighted by Gasteiger charge is -2.05. The van der Waals surface area contributed by atoms with Crippen LogP contribution < -0.4 is 10.6 Å². The molecule has 26 heavy (non-hydrogen) atoms. The van der Waals surface area contributed by atoms with Crippen molar-refractivity contribution in [2.24, 2.45) is 9.98 Å². The first-order valence-electron chi connectivity index (χ1n) is 8.72. The summed E-state index contributed by atoms with van der Waals surface area (Å²) >= 11 is 0. The largest absolute Gasteiger partial charge is 0.465 e. The van der Waals surface area contributed by atoms with E-state index in [1.807, 2.05) is 0 Å². The van der Waals surface area contributed by atoms with E-state index in [9.17, 15) is 9.59 Å². The summed E-state index contributed by atoms with van der Waals surface area (Å²) in [7, 11) is 2.70. The molecule has 0 saturated carbocycles. The fourth-order valence-corrected chi connectivity index (χ4v) is 2.08. The van der Waals surface area contributed by atoms with Gasteiger partial charge in [-0.1, -0.05) is 0 Å². The molecule has 0 atom stereocenters. The van der Waals surface area contributed by atoms with Crippen molar-refractivity contribution in [1.82, 2.24) is 10.6 Å². The first kappa shape index (κ1) is 21.4. The van der Waals surface area contributed by atoms with E-state index < -0.39 is 11.9 Å². The number of hydrogen-bond donors (Lipinski definition) is 2. The van der Waals surface area contributed by atoms with Crippen molar-refractivity contribution in [3.63, 3.8) is 0 Å². The Morgan fingerprint density at radius 3 is 1.62 bits per heavy atom. The van der Waals surface area contributed by atoms with Crippen molar-refractivity contribution in [3.8, 4) is 0 Å². The van der Waals surface area contributed by atoms with Gasteiger partial charge in [-0.05, 0) is 25.7 Å². The average molecular weight is 364 g/mol. The van der Waals surface area contributed by atoms with E-state index in [4.69, 9.17) is 9.47 Å². The highest BCUT2D eigenvalue weighted by Crippen LogP contribution is 1.98. The highest BCUT2D eigenvalue weighted by Gasteiger charge is 2.07. The van der Waals surface area contributed by atoms with Crippen LogP contribution in [0.5, 0.6) is 0 Å². The zero-order valence-corrected chi connectivity index (χ0v) is 15.5. The number of ether oxygens (including phenoxy) is 2. The maximum Gasteiger partial charge on any atom is 0.340 e. The molecule has 0 spiro atoms. The predicted octanol–water partition coefficient (Wildman–Crippen LogP) is 0.995. The number of rotatable bonds is 2. The number of hydrogen-bond acceptors (Lipinski definition) is 8. The van der Waals surface area contributed by atoms with Gasteiger partial charge in [-0.15, -0.1) is 0 Å². The van der Waals surface area contributed by atoms with Crippen molar-refractivity contribution in [2.45, 2.75) is 25.7 Å². The summed E-state index contributed by atoms with van der Waals surface area (Å²) in [4.78, 5) is 31.9. The van der Waals surface area contributed by atoms with Crippen molar-refractivity contribution < 1.29 is 19.1 Å². The van der Waals surface area contributed by atoms with Crippen LogP contribution in [0.3, 0.4) is 0 Å². The minimum Gasteiger partial charge on any atom is -0.465 e. The maximum absolute atomic E-state index is 11.7. The SMILES string of the molecule is COC(=O)/C1=C/NCCCCN=C/C(C(=O)OC)=C\NCCCCN=C1. The maximum atomic E-state index is 11.7. The Kier molecular flexibility index (Phi) is 11.2. The van der Waals surface area contributed by atoms with Gasteiger partial charge in [0, 0.05) is 51.0 Å². The second-order valence-electron chi connectivity index (χ2n) is 5.58. The fraction of sp³-hybridized carbons (Fsp3) is 0.556. The number of nitrogens with zero attached hydrogens (tertiary/aromatic N) is 2. The average Bonchev–Trinajstić information content (AvgIpc) is 2.66. The first-order chi connectivity index (χ1) is 12.7. The van der Waals surface area contributed by atoms with Crippen molar-refractivity contribution >= 4 is 24.4 Å². The molecule has 0 aromatic rings. The zero-order valence-electron chi connectivity index (χ0n) is 15.5. The molecule has 0 fully saturated rings.